The van der Waals surface area contributed by atoms with E-state index in [1.807, 2.05) is 43.3 Å². The van der Waals surface area contributed by atoms with Gasteiger partial charge in [0.2, 0.25) is 0 Å². The molecule has 46 heavy (non-hydrogen) atoms. The molecule has 9 nitrogen and oxygen atoms in total. The standard InChI is InChI=1S/C34H35Cl2N3O6S/c1-39(2)15-16-44-33(41)34(14-13-21-7-5-6-8-24(21)34)38-31-12-11-30(46-31)32(40)45-28(18-23-25(35)19-37-20-26(23)36)22-9-10-27(42-3)29(17-22)43-4/h5-12,17,19-20,28,38H,13-16,18H2,1-4H3/t28-,34?/m0/s1. The minimum Gasteiger partial charge on any atom is -0.493 e. The molecule has 1 unspecified atom stereocenters. The number of ether oxygens (including phenoxy) is 4. The first kappa shape index (κ1) is 33.5. The van der Waals surface area contributed by atoms with Gasteiger partial charge in [-0.05, 0) is 73.5 Å². The van der Waals surface area contributed by atoms with Crippen LogP contribution in [0.2, 0.25) is 10.0 Å². The summed E-state index contributed by atoms with van der Waals surface area (Å²) >= 11 is 14.1. The fourth-order valence-corrected chi connectivity index (χ4v) is 6.84. The first-order valence-corrected chi connectivity index (χ1v) is 16.2. The molecule has 12 heteroatoms. The number of fused-ring (bicyclic) bond motifs is 1. The first-order valence-electron chi connectivity index (χ1n) is 14.6. The van der Waals surface area contributed by atoms with Crippen molar-refractivity contribution in [2.75, 3.05) is 46.8 Å². The number of hydrogen-bond acceptors (Lipinski definition) is 10. The number of aryl methyl sites for hydroxylation is 1. The summed E-state index contributed by atoms with van der Waals surface area (Å²) in [5.74, 6) is 0.119. The Kier molecular flexibility index (Phi) is 10.7. The molecule has 2 aromatic heterocycles. The van der Waals surface area contributed by atoms with Gasteiger partial charge in [-0.3, -0.25) is 4.98 Å². The number of nitrogens with zero attached hydrogens (tertiary/aromatic N) is 2. The molecule has 1 aliphatic rings. The minimum absolute atomic E-state index is 0.191. The normalized spacial score (nSPS) is 16.1. The van der Waals surface area contributed by atoms with Crippen LogP contribution in [0.5, 0.6) is 11.5 Å². The summed E-state index contributed by atoms with van der Waals surface area (Å²) < 4.78 is 22.8. The molecule has 2 heterocycles. The number of hydrogen-bond donors (Lipinski definition) is 1. The number of nitrogens with one attached hydrogen (secondary N) is 1. The molecular formula is C34H35Cl2N3O6S. The molecule has 2 atom stereocenters. The molecule has 1 aliphatic carbocycles. The van der Waals surface area contributed by atoms with Gasteiger partial charge in [0.1, 0.15) is 17.6 Å². The number of carbonyl (C=O) groups excluding carboxylic acids is 2. The van der Waals surface area contributed by atoms with E-state index in [0.717, 1.165) is 17.5 Å². The highest BCUT2D eigenvalue weighted by molar-refractivity contribution is 7.17. The highest BCUT2D eigenvalue weighted by atomic mass is 35.5. The van der Waals surface area contributed by atoms with E-state index in [9.17, 15) is 9.59 Å². The first-order chi connectivity index (χ1) is 22.1. The zero-order chi connectivity index (χ0) is 32.8. The van der Waals surface area contributed by atoms with Crippen LogP contribution < -0.4 is 14.8 Å². The second-order valence-corrected chi connectivity index (χ2v) is 13.0. The zero-order valence-corrected chi connectivity index (χ0v) is 28.3. The van der Waals surface area contributed by atoms with Crippen molar-refractivity contribution < 1.29 is 28.5 Å². The van der Waals surface area contributed by atoms with Gasteiger partial charge in [0, 0.05) is 25.4 Å². The zero-order valence-electron chi connectivity index (χ0n) is 26.0. The van der Waals surface area contributed by atoms with Crippen molar-refractivity contribution in [2.45, 2.75) is 30.9 Å². The van der Waals surface area contributed by atoms with Crippen molar-refractivity contribution in [3.8, 4) is 11.5 Å². The lowest BCUT2D eigenvalue weighted by atomic mass is 9.92. The number of esters is 2. The molecule has 0 spiro atoms. The fourth-order valence-electron chi connectivity index (χ4n) is 5.46. The predicted molar refractivity (Wildman–Crippen MR) is 180 cm³/mol. The van der Waals surface area contributed by atoms with Crippen LogP contribution in [0.15, 0.2) is 67.0 Å². The van der Waals surface area contributed by atoms with E-state index < -0.39 is 17.6 Å². The molecule has 1 N–H and O–H groups in total. The summed E-state index contributed by atoms with van der Waals surface area (Å²) in [5, 5.41) is 4.79. The summed E-state index contributed by atoms with van der Waals surface area (Å²) in [5.41, 5.74) is 2.14. The number of benzene rings is 2. The van der Waals surface area contributed by atoms with Gasteiger partial charge in [-0.2, -0.15) is 0 Å². The summed E-state index contributed by atoms with van der Waals surface area (Å²) in [6, 6.07) is 16.6. The molecule has 0 radical (unpaired) electrons. The summed E-state index contributed by atoms with van der Waals surface area (Å²) in [7, 11) is 6.93. The van der Waals surface area contributed by atoms with Crippen LogP contribution in [0.4, 0.5) is 5.00 Å². The van der Waals surface area contributed by atoms with E-state index in [4.69, 9.17) is 42.1 Å². The van der Waals surface area contributed by atoms with Gasteiger partial charge in [0.15, 0.2) is 17.0 Å². The Hall–Kier alpha value is -3.83. The lowest BCUT2D eigenvalue weighted by Gasteiger charge is -2.30. The van der Waals surface area contributed by atoms with E-state index in [0.29, 0.717) is 55.5 Å². The van der Waals surface area contributed by atoms with Crippen LogP contribution in [-0.4, -0.2) is 63.3 Å². The van der Waals surface area contributed by atoms with Crippen molar-refractivity contribution in [3.63, 3.8) is 0 Å². The Morgan fingerprint density at radius 3 is 2.48 bits per heavy atom. The van der Waals surface area contributed by atoms with Crippen LogP contribution >= 0.6 is 34.5 Å². The molecule has 0 saturated heterocycles. The fraction of sp³-hybridized carbons (Fsp3) is 0.324. The third kappa shape index (κ3) is 7.25. The molecule has 0 fully saturated rings. The monoisotopic (exact) mass is 683 g/mol. The SMILES string of the molecule is COc1ccc([C@H](Cc2c(Cl)cncc2Cl)OC(=O)c2ccc(NC3(C(=O)OCCN(C)C)CCc4ccccc43)s2)cc1OC. The third-order valence-corrected chi connectivity index (χ3v) is 9.51. The maximum absolute atomic E-state index is 13.7. The number of anilines is 1. The van der Waals surface area contributed by atoms with Gasteiger partial charge in [-0.1, -0.05) is 53.5 Å². The average molecular weight is 685 g/mol. The Morgan fingerprint density at radius 1 is 1.02 bits per heavy atom. The number of methoxy groups -OCH3 is 2. The largest absolute Gasteiger partial charge is 0.493 e. The highest BCUT2D eigenvalue weighted by Crippen LogP contribution is 2.42. The molecule has 0 saturated carbocycles. The molecule has 4 aromatic rings. The number of carbonyl (C=O) groups is 2. The van der Waals surface area contributed by atoms with Crippen molar-refractivity contribution in [3.05, 3.63) is 104 Å². The minimum atomic E-state index is -1.08. The molecule has 0 bridgehead atoms. The second kappa shape index (κ2) is 14.7. The molecule has 2 aromatic carbocycles. The number of halogens is 2. The van der Waals surface area contributed by atoms with E-state index >= 15 is 0 Å². The lowest BCUT2D eigenvalue weighted by Crippen LogP contribution is -2.43. The summed E-state index contributed by atoms with van der Waals surface area (Å²) in [4.78, 5) is 33.7. The van der Waals surface area contributed by atoms with Gasteiger partial charge in [0.25, 0.3) is 0 Å². The maximum Gasteiger partial charge on any atom is 0.349 e. The Bertz CT molecular complexity index is 1690. The van der Waals surface area contributed by atoms with Gasteiger partial charge >= 0.3 is 11.9 Å². The van der Waals surface area contributed by atoms with Crippen molar-refractivity contribution >= 4 is 51.5 Å². The van der Waals surface area contributed by atoms with Crippen molar-refractivity contribution in [2.24, 2.45) is 0 Å². The number of likely N-dealkylation sites (N-methyl/N-ethyl adjacent to an activating group) is 1. The Labute approximate surface area is 282 Å². The molecular weight excluding hydrogens is 649 g/mol. The smallest absolute Gasteiger partial charge is 0.349 e. The Morgan fingerprint density at radius 2 is 1.76 bits per heavy atom. The van der Waals surface area contributed by atoms with Crippen LogP contribution in [-0.2, 0) is 32.6 Å². The van der Waals surface area contributed by atoms with Gasteiger partial charge in [0.05, 0.1) is 29.3 Å². The number of aromatic nitrogens is 1. The number of rotatable bonds is 13. The lowest BCUT2D eigenvalue weighted by molar-refractivity contribution is -0.149. The number of pyridine rings is 1. The van der Waals surface area contributed by atoms with Crippen molar-refractivity contribution in [1.29, 1.82) is 0 Å². The van der Waals surface area contributed by atoms with Crippen LogP contribution in [0, 0.1) is 0 Å². The van der Waals surface area contributed by atoms with E-state index in [1.54, 1.807) is 37.4 Å². The second-order valence-electron chi connectivity index (χ2n) is 11.1. The van der Waals surface area contributed by atoms with Crippen LogP contribution in [0.3, 0.4) is 0 Å². The molecule has 0 aliphatic heterocycles. The molecule has 242 valence electrons. The van der Waals surface area contributed by atoms with Gasteiger partial charge < -0.3 is 29.2 Å². The average Bonchev–Trinajstić information content (AvgIpc) is 3.67. The third-order valence-electron chi connectivity index (χ3n) is 7.88. The molecule has 5 rings (SSSR count). The summed E-state index contributed by atoms with van der Waals surface area (Å²) in [6.45, 7) is 0.873. The van der Waals surface area contributed by atoms with Gasteiger partial charge in [-0.15, -0.1) is 11.3 Å². The van der Waals surface area contributed by atoms with Crippen LogP contribution in [0.25, 0.3) is 0 Å². The number of thiophene rings is 1. The van der Waals surface area contributed by atoms with E-state index in [2.05, 4.69) is 10.3 Å². The predicted octanol–water partition coefficient (Wildman–Crippen LogP) is 6.97. The van der Waals surface area contributed by atoms with Crippen LogP contribution in [0.1, 0.15) is 44.5 Å². The quantitative estimate of drug-likeness (QED) is 0.150. The van der Waals surface area contributed by atoms with Crippen molar-refractivity contribution in [1.82, 2.24) is 9.88 Å². The topological polar surface area (TPSA) is 99.2 Å². The maximum atomic E-state index is 13.7. The van der Waals surface area contributed by atoms with E-state index in [-0.39, 0.29) is 19.0 Å². The highest BCUT2D eigenvalue weighted by Gasteiger charge is 2.47. The molecule has 0 amide bonds. The summed E-state index contributed by atoms with van der Waals surface area (Å²) in [6.07, 6.45) is 3.66. The van der Waals surface area contributed by atoms with E-state index in [1.165, 1.54) is 30.8 Å². The Balaban J connectivity index is 1.41. The van der Waals surface area contributed by atoms with Gasteiger partial charge in [-0.25, -0.2) is 9.59 Å².